The quantitative estimate of drug-likeness (QED) is 0.402. The molecule has 0 aliphatic rings. The molecular formula is C24H17F3N2O2. The topological polar surface area (TPSA) is 62.1 Å². The molecule has 0 heterocycles. The Bertz CT molecular complexity index is 1130. The standard InChI is InChI=1S/C24H17F3N2O2/c25-24(26,27)21-11-4-5-12-22(21)29-23(30)19(15-28)13-18-9-6-10-20(14-18)31-16-17-7-2-1-3-8-17/h1-14H,16H2,(H,29,30)/b19-13+. The van der Waals surface area contributed by atoms with Crippen molar-refractivity contribution < 1.29 is 22.7 Å². The number of anilines is 1. The maximum absolute atomic E-state index is 13.1. The Balaban J connectivity index is 1.76. The number of para-hydroxylation sites is 1. The van der Waals surface area contributed by atoms with Gasteiger partial charge < -0.3 is 10.1 Å². The minimum absolute atomic E-state index is 0.336. The summed E-state index contributed by atoms with van der Waals surface area (Å²) in [6.45, 7) is 0.341. The molecule has 3 aromatic rings. The number of benzene rings is 3. The van der Waals surface area contributed by atoms with E-state index in [1.54, 1.807) is 30.3 Å². The van der Waals surface area contributed by atoms with Crippen molar-refractivity contribution in [3.05, 3.63) is 101 Å². The summed E-state index contributed by atoms with van der Waals surface area (Å²) in [6.07, 6.45) is -3.34. The maximum Gasteiger partial charge on any atom is 0.418 e. The smallest absolute Gasteiger partial charge is 0.418 e. The molecule has 4 nitrogen and oxygen atoms in total. The molecule has 0 saturated carbocycles. The lowest BCUT2D eigenvalue weighted by Crippen LogP contribution is -2.17. The maximum atomic E-state index is 13.1. The van der Waals surface area contributed by atoms with Gasteiger partial charge in [-0.2, -0.15) is 18.4 Å². The van der Waals surface area contributed by atoms with Crippen LogP contribution in [-0.4, -0.2) is 5.91 Å². The van der Waals surface area contributed by atoms with Crippen molar-refractivity contribution in [3.63, 3.8) is 0 Å². The van der Waals surface area contributed by atoms with Crippen molar-refractivity contribution in [2.45, 2.75) is 12.8 Å². The molecule has 0 aliphatic heterocycles. The van der Waals surface area contributed by atoms with E-state index in [4.69, 9.17) is 4.74 Å². The number of hydrogen-bond donors (Lipinski definition) is 1. The van der Waals surface area contributed by atoms with Crippen LogP contribution >= 0.6 is 0 Å². The van der Waals surface area contributed by atoms with E-state index in [-0.39, 0.29) is 5.57 Å². The molecule has 0 radical (unpaired) electrons. The molecular weight excluding hydrogens is 405 g/mol. The third-order valence-corrected chi connectivity index (χ3v) is 4.26. The van der Waals surface area contributed by atoms with Crippen LogP contribution in [0, 0.1) is 11.3 Å². The number of nitrogens with one attached hydrogen (secondary N) is 1. The first-order valence-corrected chi connectivity index (χ1v) is 9.23. The van der Waals surface area contributed by atoms with E-state index in [1.165, 1.54) is 18.2 Å². The van der Waals surface area contributed by atoms with Gasteiger partial charge >= 0.3 is 6.18 Å². The summed E-state index contributed by atoms with van der Waals surface area (Å²) in [5.41, 5.74) is -0.263. The van der Waals surface area contributed by atoms with Crippen LogP contribution in [0.5, 0.6) is 5.75 Å². The number of alkyl halides is 3. The fourth-order valence-corrected chi connectivity index (χ4v) is 2.78. The van der Waals surface area contributed by atoms with Crippen LogP contribution in [0.15, 0.2) is 84.4 Å². The molecule has 3 rings (SSSR count). The summed E-state index contributed by atoms with van der Waals surface area (Å²) < 4.78 is 45.1. The number of carbonyl (C=O) groups excluding carboxylic acids is 1. The zero-order valence-electron chi connectivity index (χ0n) is 16.2. The van der Waals surface area contributed by atoms with E-state index >= 15 is 0 Å². The van der Waals surface area contributed by atoms with Crippen molar-refractivity contribution in [1.29, 1.82) is 5.26 Å². The van der Waals surface area contributed by atoms with Crippen LogP contribution in [0.4, 0.5) is 18.9 Å². The monoisotopic (exact) mass is 422 g/mol. The lowest BCUT2D eigenvalue weighted by Gasteiger charge is -2.13. The summed E-state index contributed by atoms with van der Waals surface area (Å²) >= 11 is 0. The fraction of sp³-hybridized carbons (Fsp3) is 0.0833. The summed E-state index contributed by atoms with van der Waals surface area (Å²) in [4.78, 5) is 12.4. The Kier molecular flexibility index (Phi) is 6.73. The first kappa shape index (κ1) is 21.7. The van der Waals surface area contributed by atoms with Gasteiger partial charge in [-0.05, 0) is 41.5 Å². The molecule has 0 atom stereocenters. The Morgan fingerprint density at radius 1 is 1.00 bits per heavy atom. The molecule has 0 unspecified atom stereocenters. The van der Waals surface area contributed by atoms with Crippen molar-refractivity contribution in [3.8, 4) is 11.8 Å². The summed E-state index contributed by atoms with van der Waals surface area (Å²) in [5, 5.41) is 11.5. The van der Waals surface area contributed by atoms with Crippen LogP contribution in [0.3, 0.4) is 0 Å². The van der Waals surface area contributed by atoms with Crippen molar-refractivity contribution in [2.75, 3.05) is 5.32 Å². The Morgan fingerprint density at radius 3 is 2.42 bits per heavy atom. The Labute approximate surface area is 177 Å². The minimum Gasteiger partial charge on any atom is -0.489 e. The van der Waals surface area contributed by atoms with Gasteiger partial charge in [-0.3, -0.25) is 4.79 Å². The van der Waals surface area contributed by atoms with Crippen LogP contribution < -0.4 is 10.1 Å². The summed E-state index contributed by atoms with van der Waals surface area (Å²) in [7, 11) is 0. The molecule has 0 aromatic heterocycles. The number of hydrogen-bond acceptors (Lipinski definition) is 3. The van der Waals surface area contributed by atoms with Gasteiger partial charge in [0, 0.05) is 0 Å². The molecule has 7 heteroatoms. The molecule has 1 amide bonds. The molecule has 31 heavy (non-hydrogen) atoms. The van der Waals surface area contributed by atoms with Gasteiger partial charge in [-0.25, -0.2) is 0 Å². The lowest BCUT2D eigenvalue weighted by atomic mass is 10.1. The largest absolute Gasteiger partial charge is 0.489 e. The average Bonchev–Trinajstić information content (AvgIpc) is 2.76. The Hall–Kier alpha value is -4.05. The highest BCUT2D eigenvalue weighted by atomic mass is 19.4. The molecule has 1 N–H and O–H groups in total. The molecule has 0 aliphatic carbocycles. The number of rotatable bonds is 6. The van der Waals surface area contributed by atoms with E-state index in [9.17, 15) is 23.2 Å². The highest BCUT2D eigenvalue weighted by Gasteiger charge is 2.33. The first-order chi connectivity index (χ1) is 14.9. The summed E-state index contributed by atoms with van der Waals surface area (Å²) in [6, 6.07) is 22.6. The van der Waals surface area contributed by atoms with Crippen LogP contribution in [0.1, 0.15) is 16.7 Å². The minimum atomic E-state index is -4.63. The predicted molar refractivity (Wildman–Crippen MR) is 111 cm³/mol. The van der Waals surface area contributed by atoms with Gasteiger partial charge in [-0.15, -0.1) is 0 Å². The second kappa shape index (κ2) is 9.63. The summed E-state index contributed by atoms with van der Waals surface area (Å²) in [5.74, 6) is -0.410. The van der Waals surface area contributed by atoms with Crippen molar-refractivity contribution >= 4 is 17.7 Å². The van der Waals surface area contributed by atoms with Crippen LogP contribution in [-0.2, 0) is 17.6 Å². The van der Waals surface area contributed by atoms with E-state index in [1.807, 2.05) is 30.3 Å². The highest BCUT2D eigenvalue weighted by Crippen LogP contribution is 2.34. The SMILES string of the molecule is N#C/C(=C\c1cccc(OCc2ccccc2)c1)C(=O)Nc1ccccc1C(F)(F)F. The molecule has 0 fully saturated rings. The molecule has 3 aromatic carbocycles. The van der Waals surface area contributed by atoms with Gasteiger partial charge in [0.2, 0.25) is 0 Å². The number of ether oxygens (including phenoxy) is 1. The third kappa shape index (κ3) is 5.97. The van der Waals surface area contributed by atoms with Gasteiger partial charge in [0.1, 0.15) is 24.0 Å². The third-order valence-electron chi connectivity index (χ3n) is 4.26. The van der Waals surface area contributed by atoms with E-state index in [0.717, 1.165) is 17.7 Å². The number of amides is 1. The second-order valence-corrected chi connectivity index (χ2v) is 6.51. The predicted octanol–water partition coefficient (Wildman–Crippen LogP) is 5.83. The normalized spacial score (nSPS) is 11.5. The Morgan fingerprint density at radius 2 is 1.71 bits per heavy atom. The van der Waals surface area contributed by atoms with E-state index < -0.39 is 23.3 Å². The molecule has 156 valence electrons. The lowest BCUT2D eigenvalue weighted by molar-refractivity contribution is -0.137. The number of nitrogens with zero attached hydrogens (tertiary/aromatic N) is 1. The fourth-order valence-electron chi connectivity index (χ4n) is 2.78. The first-order valence-electron chi connectivity index (χ1n) is 9.23. The highest BCUT2D eigenvalue weighted by molar-refractivity contribution is 6.10. The number of carbonyl (C=O) groups is 1. The van der Waals surface area contributed by atoms with Gasteiger partial charge in [0.05, 0.1) is 11.3 Å². The van der Waals surface area contributed by atoms with Crippen molar-refractivity contribution in [1.82, 2.24) is 0 Å². The molecule has 0 spiro atoms. The number of nitriles is 1. The zero-order valence-corrected chi connectivity index (χ0v) is 16.2. The second-order valence-electron chi connectivity index (χ2n) is 6.51. The number of halogens is 3. The average molecular weight is 422 g/mol. The van der Waals surface area contributed by atoms with E-state index in [2.05, 4.69) is 5.32 Å². The van der Waals surface area contributed by atoms with Crippen LogP contribution in [0.2, 0.25) is 0 Å². The van der Waals surface area contributed by atoms with E-state index in [0.29, 0.717) is 17.9 Å². The van der Waals surface area contributed by atoms with Gasteiger partial charge in [0.25, 0.3) is 5.91 Å². The van der Waals surface area contributed by atoms with Gasteiger partial charge in [-0.1, -0.05) is 54.6 Å². The van der Waals surface area contributed by atoms with Crippen molar-refractivity contribution in [2.24, 2.45) is 0 Å². The molecule has 0 saturated heterocycles. The molecule has 0 bridgehead atoms. The van der Waals surface area contributed by atoms with Gasteiger partial charge in [0.15, 0.2) is 0 Å². The zero-order chi connectivity index (χ0) is 22.3. The van der Waals surface area contributed by atoms with Crippen LogP contribution in [0.25, 0.3) is 6.08 Å².